The Bertz CT molecular complexity index is 1610. The van der Waals surface area contributed by atoms with Crippen molar-refractivity contribution < 1.29 is 32.5 Å². The largest absolute Gasteiger partial charge is 0.495 e. The molecule has 0 spiro atoms. The first-order valence-corrected chi connectivity index (χ1v) is 13.0. The average Bonchev–Trinajstić information content (AvgIpc) is 2.91. The second-order valence-corrected chi connectivity index (χ2v) is 10.3. The molecule has 0 fully saturated rings. The van der Waals surface area contributed by atoms with Crippen LogP contribution >= 0.6 is 11.6 Å². The molecular formula is C24H22ClN5O9S. The van der Waals surface area contributed by atoms with Crippen molar-refractivity contribution in [1.29, 1.82) is 0 Å². The summed E-state index contributed by atoms with van der Waals surface area (Å²) in [5, 5.41) is 26.5. The molecule has 3 rings (SSSR count). The summed E-state index contributed by atoms with van der Waals surface area (Å²) >= 11 is 6.10. The van der Waals surface area contributed by atoms with Gasteiger partial charge >= 0.3 is 5.69 Å². The first-order valence-electron chi connectivity index (χ1n) is 11.1. The molecule has 3 aromatic carbocycles. The summed E-state index contributed by atoms with van der Waals surface area (Å²) in [7, 11) is -2.02. The number of nitrogens with zero attached hydrogens (tertiary/aromatic N) is 4. The molecular weight excluding hydrogens is 570 g/mol. The van der Waals surface area contributed by atoms with Gasteiger partial charge in [0.25, 0.3) is 21.6 Å². The molecule has 210 valence electrons. The first kappa shape index (κ1) is 29.8. The molecule has 0 unspecified atom stereocenters. The maximum Gasteiger partial charge on any atom is 0.311 e. The topological polar surface area (TPSA) is 184 Å². The van der Waals surface area contributed by atoms with Crippen molar-refractivity contribution in [2.24, 2.45) is 5.10 Å². The van der Waals surface area contributed by atoms with Crippen LogP contribution in [-0.2, 0) is 14.8 Å². The highest BCUT2D eigenvalue weighted by Crippen LogP contribution is 2.35. The van der Waals surface area contributed by atoms with Crippen molar-refractivity contribution in [3.63, 3.8) is 0 Å². The lowest BCUT2D eigenvalue weighted by molar-refractivity contribution is -0.385. The zero-order valence-corrected chi connectivity index (χ0v) is 22.8. The standard InChI is InChI=1S/C24H22ClN5O9S/c1-15-4-7-18(12-19(15)29(32)33)40(36,37)28(20-11-17(25)6-9-22(20)38-2)14-24(31)27-26-13-16-5-8-23(39-3)21(10-16)30(34)35/h4-13H,14H2,1-3H3,(H,27,31)/b26-13-. The number of benzene rings is 3. The van der Waals surface area contributed by atoms with Gasteiger partial charge in [0.1, 0.15) is 12.3 Å². The molecule has 0 aromatic heterocycles. The molecule has 0 saturated heterocycles. The number of amides is 1. The number of hydrazone groups is 1. The summed E-state index contributed by atoms with van der Waals surface area (Å²) in [4.78, 5) is 33.7. The van der Waals surface area contributed by atoms with Gasteiger partial charge in [-0.05, 0) is 43.3 Å². The van der Waals surface area contributed by atoms with Crippen LogP contribution in [0.4, 0.5) is 17.1 Å². The lowest BCUT2D eigenvalue weighted by Crippen LogP contribution is -2.39. The Morgan fingerprint density at radius 1 is 1.00 bits per heavy atom. The lowest BCUT2D eigenvalue weighted by Gasteiger charge is -2.25. The number of sulfonamides is 1. The number of hydrogen-bond donors (Lipinski definition) is 1. The van der Waals surface area contributed by atoms with Crippen LogP contribution < -0.4 is 19.2 Å². The third kappa shape index (κ3) is 6.62. The molecule has 40 heavy (non-hydrogen) atoms. The van der Waals surface area contributed by atoms with Gasteiger partial charge in [-0.3, -0.25) is 29.3 Å². The SMILES string of the molecule is COc1ccc(Cl)cc1N(CC(=O)N/N=C\c1ccc(OC)c([N+](=O)[O-])c1)S(=O)(=O)c1ccc(C)c([N+](=O)[O-])c1. The number of rotatable bonds is 11. The van der Waals surface area contributed by atoms with Gasteiger partial charge in [-0.2, -0.15) is 5.10 Å². The maximum absolute atomic E-state index is 13.7. The third-order valence-corrected chi connectivity index (χ3v) is 7.46. The van der Waals surface area contributed by atoms with E-state index in [9.17, 15) is 33.4 Å². The minimum Gasteiger partial charge on any atom is -0.495 e. The number of methoxy groups -OCH3 is 2. The van der Waals surface area contributed by atoms with Gasteiger partial charge in [0.05, 0.1) is 40.9 Å². The zero-order valence-electron chi connectivity index (χ0n) is 21.2. The molecule has 0 aliphatic rings. The molecule has 3 aromatic rings. The molecule has 1 amide bonds. The van der Waals surface area contributed by atoms with Gasteiger partial charge < -0.3 is 9.47 Å². The van der Waals surface area contributed by atoms with E-state index in [2.05, 4.69) is 10.5 Å². The van der Waals surface area contributed by atoms with Crippen molar-refractivity contribution >= 4 is 50.8 Å². The fraction of sp³-hybridized carbons (Fsp3) is 0.167. The minimum atomic E-state index is -4.58. The highest BCUT2D eigenvalue weighted by atomic mass is 35.5. The van der Waals surface area contributed by atoms with E-state index in [-0.39, 0.29) is 39.0 Å². The van der Waals surface area contributed by atoms with Gasteiger partial charge in [-0.25, -0.2) is 13.8 Å². The molecule has 0 radical (unpaired) electrons. The molecule has 0 saturated carbocycles. The number of nitro benzene ring substituents is 2. The number of carbonyl (C=O) groups is 1. The van der Waals surface area contributed by atoms with E-state index in [1.807, 2.05) is 0 Å². The van der Waals surface area contributed by atoms with E-state index in [0.29, 0.717) is 4.31 Å². The number of nitrogens with one attached hydrogen (secondary N) is 1. The van der Waals surface area contributed by atoms with Gasteiger partial charge in [0.2, 0.25) is 0 Å². The Labute approximate surface area is 233 Å². The van der Waals surface area contributed by atoms with E-state index >= 15 is 0 Å². The van der Waals surface area contributed by atoms with Crippen LogP contribution in [0.3, 0.4) is 0 Å². The Hall–Kier alpha value is -4.76. The van der Waals surface area contributed by atoms with Crippen LogP contribution in [0.25, 0.3) is 0 Å². The van der Waals surface area contributed by atoms with Gasteiger partial charge in [-0.1, -0.05) is 17.7 Å². The summed E-state index contributed by atoms with van der Waals surface area (Å²) in [6.07, 6.45) is 1.12. The van der Waals surface area contributed by atoms with Crippen LogP contribution in [0.1, 0.15) is 11.1 Å². The van der Waals surface area contributed by atoms with Gasteiger partial charge in [-0.15, -0.1) is 0 Å². The second-order valence-electron chi connectivity index (χ2n) is 8.01. The Morgan fingerprint density at radius 2 is 1.65 bits per heavy atom. The van der Waals surface area contributed by atoms with Crippen molar-refractivity contribution in [1.82, 2.24) is 5.43 Å². The summed E-state index contributed by atoms with van der Waals surface area (Å²) in [6.45, 7) is 0.621. The zero-order chi connectivity index (χ0) is 29.6. The number of halogens is 1. The number of carbonyl (C=O) groups excluding carboxylic acids is 1. The highest BCUT2D eigenvalue weighted by molar-refractivity contribution is 7.92. The number of aryl methyl sites for hydroxylation is 1. The van der Waals surface area contributed by atoms with E-state index < -0.39 is 42.9 Å². The molecule has 0 aliphatic carbocycles. The lowest BCUT2D eigenvalue weighted by atomic mass is 10.2. The Balaban J connectivity index is 1.97. The Morgan fingerprint density at radius 3 is 2.27 bits per heavy atom. The normalized spacial score (nSPS) is 11.2. The molecule has 0 atom stereocenters. The van der Waals surface area contributed by atoms with Crippen LogP contribution in [0, 0.1) is 27.2 Å². The van der Waals surface area contributed by atoms with Gasteiger partial charge in [0, 0.05) is 28.3 Å². The fourth-order valence-electron chi connectivity index (χ4n) is 3.51. The van der Waals surface area contributed by atoms with Crippen LogP contribution in [0.5, 0.6) is 11.5 Å². The number of anilines is 1. The summed E-state index contributed by atoms with van der Waals surface area (Å²) < 4.78 is 38.3. The molecule has 0 bridgehead atoms. The van der Waals surface area contributed by atoms with E-state index in [0.717, 1.165) is 12.3 Å². The average molecular weight is 592 g/mol. The van der Waals surface area contributed by atoms with Gasteiger partial charge in [0.15, 0.2) is 5.75 Å². The van der Waals surface area contributed by atoms with Crippen LogP contribution in [0.2, 0.25) is 5.02 Å². The third-order valence-electron chi connectivity index (χ3n) is 5.46. The predicted molar refractivity (Wildman–Crippen MR) is 146 cm³/mol. The Kier molecular flexibility index (Phi) is 9.23. The monoisotopic (exact) mass is 591 g/mol. The van der Waals surface area contributed by atoms with Crippen molar-refractivity contribution in [2.45, 2.75) is 11.8 Å². The molecule has 1 N–H and O–H groups in total. The van der Waals surface area contributed by atoms with E-state index in [1.165, 1.54) is 69.7 Å². The highest BCUT2D eigenvalue weighted by Gasteiger charge is 2.31. The van der Waals surface area contributed by atoms with E-state index in [1.54, 1.807) is 0 Å². The number of ether oxygens (including phenoxy) is 2. The summed E-state index contributed by atoms with van der Waals surface area (Å²) in [5.41, 5.74) is 1.79. The minimum absolute atomic E-state index is 0.0267. The second kappa shape index (κ2) is 12.4. The van der Waals surface area contributed by atoms with Crippen molar-refractivity contribution in [3.8, 4) is 11.5 Å². The first-order chi connectivity index (χ1) is 18.9. The maximum atomic E-state index is 13.7. The number of hydrogen-bond acceptors (Lipinski definition) is 10. The summed E-state index contributed by atoms with van der Waals surface area (Å²) in [6, 6.07) is 11.4. The fourth-order valence-corrected chi connectivity index (χ4v) is 5.12. The van der Waals surface area contributed by atoms with Crippen molar-refractivity contribution in [2.75, 3.05) is 25.1 Å². The molecule has 0 aliphatic heterocycles. The molecule has 0 heterocycles. The van der Waals surface area contributed by atoms with E-state index in [4.69, 9.17) is 21.1 Å². The molecule has 16 heteroatoms. The van der Waals surface area contributed by atoms with Crippen LogP contribution in [-0.4, -0.2) is 51.2 Å². The number of nitro groups is 2. The predicted octanol–water partition coefficient (Wildman–Crippen LogP) is 3.83. The smallest absolute Gasteiger partial charge is 0.311 e. The quantitative estimate of drug-likeness (QED) is 0.197. The van der Waals surface area contributed by atoms with Crippen molar-refractivity contribution in [3.05, 3.63) is 91.0 Å². The van der Waals surface area contributed by atoms with Crippen LogP contribution in [0.15, 0.2) is 64.6 Å². The summed E-state index contributed by atoms with van der Waals surface area (Å²) in [5.74, 6) is -0.832. The molecule has 14 nitrogen and oxygen atoms in total.